The molecule has 11 heavy (non-hydrogen) atoms. The van der Waals surface area contributed by atoms with Gasteiger partial charge in [0.15, 0.2) is 0 Å². The summed E-state index contributed by atoms with van der Waals surface area (Å²) in [6.45, 7) is 4.79. The Balaban J connectivity index is 3.88. The van der Waals surface area contributed by atoms with E-state index in [1.807, 2.05) is 0 Å². The van der Waals surface area contributed by atoms with E-state index in [0.29, 0.717) is 6.08 Å². The maximum atomic E-state index is 10.5. The summed E-state index contributed by atoms with van der Waals surface area (Å²) in [6.07, 6.45) is 1.52. The smallest absolute Gasteiger partial charge is 0.336 e. The number of rotatable bonds is 3. The molecule has 4 nitrogen and oxygen atoms in total. The number of hydrogen-bond donors (Lipinski definition) is 1. The molecule has 0 radical (unpaired) electrons. The fourth-order valence-electron chi connectivity index (χ4n) is 0.345. The molecule has 0 rings (SSSR count). The fourth-order valence-corrected chi connectivity index (χ4v) is 0.345. The number of hydrogen-bond acceptors (Lipinski definition) is 3. The Bertz CT molecular complexity index is 214. The molecule has 0 unspecified atom stereocenters. The summed E-state index contributed by atoms with van der Waals surface area (Å²) in [5.41, 5.74) is 0. The number of esters is 1. The van der Waals surface area contributed by atoms with Crippen molar-refractivity contribution in [1.82, 2.24) is 0 Å². The van der Waals surface area contributed by atoms with Gasteiger partial charge in [0.25, 0.3) is 0 Å². The van der Waals surface area contributed by atoms with E-state index in [0.717, 1.165) is 6.08 Å². The van der Waals surface area contributed by atoms with Crippen LogP contribution in [0.15, 0.2) is 24.5 Å². The van der Waals surface area contributed by atoms with Crippen molar-refractivity contribution < 1.29 is 19.4 Å². The predicted molar refractivity (Wildman–Crippen MR) is 37.7 cm³/mol. The summed E-state index contributed by atoms with van der Waals surface area (Å²) >= 11 is 0. The lowest BCUT2D eigenvalue weighted by Crippen LogP contribution is -1.99. The predicted octanol–water partition coefficient (Wildman–Crippen LogP) is 0.704. The van der Waals surface area contributed by atoms with Crippen molar-refractivity contribution in [3.8, 4) is 0 Å². The third kappa shape index (κ3) is 6.30. The van der Waals surface area contributed by atoms with E-state index in [4.69, 9.17) is 5.11 Å². The Morgan fingerprint density at radius 1 is 1.45 bits per heavy atom. The molecular formula is C7H8O4. The minimum absolute atomic E-state index is 0.227. The Hall–Kier alpha value is -1.58. The van der Waals surface area contributed by atoms with Crippen LogP contribution in [0.5, 0.6) is 0 Å². The van der Waals surface area contributed by atoms with E-state index in [2.05, 4.69) is 11.3 Å². The highest BCUT2D eigenvalue weighted by Gasteiger charge is 1.96. The summed E-state index contributed by atoms with van der Waals surface area (Å²) in [7, 11) is 0. The molecule has 0 bridgehead atoms. The van der Waals surface area contributed by atoms with Gasteiger partial charge in [-0.1, -0.05) is 6.58 Å². The van der Waals surface area contributed by atoms with E-state index in [1.165, 1.54) is 6.92 Å². The molecular weight excluding hydrogens is 148 g/mol. The van der Waals surface area contributed by atoms with E-state index in [9.17, 15) is 9.59 Å². The lowest BCUT2D eigenvalue weighted by Gasteiger charge is -1.95. The third-order valence-corrected chi connectivity index (χ3v) is 0.637. The molecule has 0 saturated heterocycles. The van der Waals surface area contributed by atoms with Gasteiger partial charge in [-0.2, -0.15) is 0 Å². The average molecular weight is 156 g/mol. The van der Waals surface area contributed by atoms with Gasteiger partial charge in [0.1, 0.15) is 0 Å². The molecule has 0 aliphatic carbocycles. The maximum Gasteiger partial charge on any atom is 0.336 e. The minimum Gasteiger partial charge on any atom is -0.478 e. The average Bonchev–Trinajstić information content (AvgIpc) is 1.82. The number of carbonyl (C=O) groups is 2. The van der Waals surface area contributed by atoms with Crippen molar-refractivity contribution >= 4 is 11.9 Å². The van der Waals surface area contributed by atoms with E-state index in [-0.39, 0.29) is 5.76 Å². The number of carboxylic acids is 1. The van der Waals surface area contributed by atoms with Crippen LogP contribution in [0.4, 0.5) is 0 Å². The second kappa shape index (κ2) is 4.27. The van der Waals surface area contributed by atoms with Crippen molar-refractivity contribution in [3.05, 3.63) is 24.5 Å². The van der Waals surface area contributed by atoms with Gasteiger partial charge < -0.3 is 9.84 Å². The number of ether oxygens (including phenoxy) is 1. The zero-order valence-corrected chi connectivity index (χ0v) is 6.03. The molecule has 0 aliphatic heterocycles. The zero-order chi connectivity index (χ0) is 8.85. The molecule has 0 spiro atoms. The van der Waals surface area contributed by atoms with E-state index < -0.39 is 11.9 Å². The Morgan fingerprint density at radius 2 is 2.00 bits per heavy atom. The van der Waals surface area contributed by atoms with Gasteiger partial charge in [0, 0.05) is 12.2 Å². The van der Waals surface area contributed by atoms with E-state index in [1.54, 1.807) is 0 Å². The van der Waals surface area contributed by atoms with Crippen molar-refractivity contribution in [2.75, 3.05) is 0 Å². The van der Waals surface area contributed by atoms with Crippen LogP contribution in [-0.2, 0) is 14.3 Å². The van der Waals surface area contributed by atoms with Crippen LogP contribution in [-0.4, -0.2) is 17.0 Å². The molecule has 0 aromatic rings. The first-order valence-corrected chi connectivity index (χ1v) is 2.80. The van der Waals surface area contributed by atoms with Crippen molar-refractivity contribution in [1.29, 1.82) is 0 Å². The van der Waals surface area contributed by atoms with Gasteiger partial charge in [-0.05, 0) is 6.92 Å². The number of carbonyl (C=O) groups excluding carboxylic acids is 1. The Labute approximate surface area is 63.8 Å². The molecule has 0 amide bonds. The quantitative estimate of drug-likeness (QED) is 0.371. The summed E-state index contributed by atoms with van der Waals surface area (Å²) in [5.74, 6) is -1.70. The van der Waals surface area contributed by atoms with Crippen LogP contribution in [0.2, 0.25) is 0 Å². The molecule has 0 atom stereocenters. The standard InChI is InChI=1S/C7H8O4/c1-5(2)11-7(10)4-3-6(8)9/h3-4H,1H2,2H3,(H,8,9)/b4-3-. The highest BCUT2D eigenvalue weighted by molar-refractivity contribution is 5.91. The molecule has 0 aromatic heterocycles. The van der Waals surface area contributed by atoms with Gasteiger partial charge >= 0.3 is 11.9 Å². The summed E-state index contributed by atoms with van der Waals surface area (Å²) in [5, 5.41) is 8.08. The van der Waals surface area contributed by atoms with Crippen molar-refractivity contribution in [2.24, 2.45) is 0 Å². The van der Waals surface area contributed by atoms with Crippen molar-refractivity contribution in [3.63, 3.8) is 0 Å². The second-order valence-corrected chi connectivity index (χ2v) is 1.79. The van der Waals surface area contributed by atoms with Gasteiger partial charge in [-0.3, -0.25) is 0 Å². The molecule has 0 aliphatic rings. The number of aliphatic carboxylic acids is 1. The highest BCUT2D eigenvalue weighted by Crippen LogP contribution is 1.91. The number of carboxylic acid groups (broad SMARTS) is 1. The lowest BCUT2D eigenvalue weighted by atomic mass is 10.5. The molecule has 0 aromatic carbocycles. The second-order valence-electron chi connectivity index (χ2n) is 1.79. The van der Waals surface area contributed by atoms with Crippen LogP contribution in [0.25, 0.3) is 0 Å². The van der Waals surface area contributed by atoms with Crippen LogP contribution in [0, 0.1) is 0 Å². The molecule has 0 heterocycles. The molecule has 0 fully saturated rings. The zero-order valence-electron chi connectivity index (χ0n) is 6.03. The van der Waals surface area contributed by atoms with Gasteiger partial charge in [-0.15, -0.1) is 0 Å². The maximum absolute atomic E-state index is 10.5. The molecule has 60 valence electrons. The number of allylic oxidation sites excluding steroid dienone is 1. The topological polar surface area (TPSA) is 63.6 Å². The molecule has 1 N–H and O–H groups in total. The van der Waals surface area contributed by atoms with Crippen LogP contribution in [0.3, 0.4) is 0 Å². The monoisotopic (exact) mass is 156 g/mol. The van der Waals surface area contributed by atoms with Crippen LogP contribution < -0.4 is 0 Å². The fraction of sp³-hybridized carbons (Fsp3) is 0.143. The minimum atomic E-state index is -1.19. The Kier molecular flexibility index (Phi) is 3.66. The molecule has 0 saturated carbocycles. The normalized spacial score (nSPS) is 9.55. The van der Waals surface area contributed by atoms with Gasteiger partial charge in [0.05, 0.1) is 5.76 Å². The van der Waals surface area contributed by atoms with Gasteiger partial charge in [-0.25, -0.2) is 9.59 Å². The highest BCUT2D eigenvalue weighted by atomic mass is 16.5. The first-order valence-electron chi connectivity index (χ1n) is 2.80. The largest absolute Gasteiger partial charge is 0.478 e. The summed E-state index contributed by atoms with van der Waals surface area (Å²) in [6, 6.07) is 0. The summed E-state index contributed by atoms with van der Waals surface area (Å²) in [4.78, 5) is 20.4. The van der Waals surface area contributed by atoms with Gasteiger partial charge in [0.2, 0.25) is 0 Å². The molecule has 4 heteroatoms. The lowest BCUT2D eigenvalue weighted by molar-refractivity contribution is -0.135. The first kappa shape index (κ1) is 9.42. The third-order valence-electron chi connectivity index (χ3n) is 0.637. The van der Waals surface area contributed by atoms with Crippen LogP contribution >= 0.6 is 0 Å². The Morgan fingerprint density at radius 3 is 2.36 bits per heavy atom. The van der Waals surface area contributed by atoms with Crippen LogP contribution in [0.1, 0.15) is 6.92 Å². The van der Waals surface area contributed by atoms with E-state index >= 15 is 0 Å². The summed E-state index contributed by atoms with van der Waals surface area (Å²) < 4.78 is 4.42. The van der Waals surface area contributed by atoms with Crippen molar-refractivity contribution in [2.45, 2.75) is 6.92 Å². The SMILES string of the molecule is C=C(C)OC(=O)/C=C\C(=O)O. The first-order chi connectivity index (χ1) is 5.02.